The van der Waals surface area contributed by atoms with Gasteiger partial charge < -0.3 is 10.1 Å². The predicted molar refractivity (Wildman–Crippen MR) is 74.5 cm³/mol. The lowest BCUT2D eigenvalue weighted by molar-refractivity contribution is -0.384. The summed E-state index contributed by atoms with van der Waals surface area (Å²) in [5.74, 6) is 0.783. The van der Waals surface area contributed by atoms with Crippen LogP contribution in [0.4, 0.5) is 11.4 Å². The molecule has 1 aromatic rings. The van der Waals surface area contributed by atoms with Gasteiger partial charge in [0.15, 0.2) is 0 Å². The van der Waals surface area contributed by atoms with Crippen molar-refractivity contribution in [1.29, 1.82) is 0 Å². The number of ether oxygens (including phenoxy) is 1. The zero-order valence-electron chi connectivity index (χ0n) is 11.2. The second-order valence-electron chi connectivity index (χ2n) is 5.08. The molecule has 0 saturated heterocycles. The summed E-state index contributed by atoms with van der Waals surface area (Å²) in [6.07, 6.45) is 3.46. The first-order chi connectivity index (χ1) is 9.16. The largest absolute Gasteiger partial charge is 0.381 e. The number of benzene rings is 1. The molecule has 1 N–H and O–H groups in total. The normalized spacial score (nSPS) is 14.4. The lowest BCUT2D eigenvalue weighted by Crippen LogP contribution is -2.08. The highest BCUT2D eigenvalue weighted by atomic mass is 16.6. The Kier molecular flexibility index (Phi) is 4.74. The molecule has 0 bridgehead atoms. The molecule has 0 atom stereocenters. The van der Waals surface area contributed by atoms with E-state index in [1.807, 2.05) is 13.0 Å². The Morgan fingerprint density at radius 1 is 1.47 bits per heavy atom. The van der Waals surface area contributed by atoms with E-state index in [-0.39, 0.29) is 10.6 Å². The molecule has 1 aliphatic rings. The van der Waals surface area contributed by atoms with Gasteiger partial charge in [-0.2, -0.15) is 0 Å². The standard InChI is InChI=1S/C14H20N2O3/c1-11-3-6-13(14(9-11)16(17)18)15-7-2-8-19-10-12-4-5-12/h3,6,9,12,15H,2,4-5,7-8,10H2,1H3. The summed E-state index contributed by atoms with van der Waals surface area (Å²) >= 11 is 0. The van der Waals surface area contributed by atoms with Gasteiger partial charge >= 0.3 is 0 Å². The van der Waals surface area contributed by atoms with Crippen molar-refractivity contribution in [1.82, 2.24) is 0 Å². The van der Waals surface area contributed by atoms with E-state index in [1.165, 1.54) is 12.8 Å². The molecule has 0 aromatic heterocycles. The number of rotatable bonds is 8. The summed E-state index contributed by atoms with van der Waals surface area (Å²) in [5, 5.41) is 14.0. The minimum atomic E-state index is -0.348. The van der Waals surface area contributed by atoms with Crippen LogP contribution in [0.3, 0.4) is 0 Å². The van der Waals surface area contributed by atoms with Crippen molar-refractivity contribution in [2.75, 3.05) is 25.1 Å². The topological polar surface area (TPSA) is 64.4 Å². The van der Waals surface area contributed by atoms with Crippen molar-refractivity contribution in [2.24, 2.45) is 5.92 Å². The number of nitro groups is 1. The molecule has 1 saturated carbocycles. The number of aryl methyl sites for hydroxylation is 1. The summed E-state index contributed by atoms with van der Waals surface area (Å²) in [7, 11) is 0. The minimum absolute atomic E-state index is 0.138. The molecule has 19 heavy (non-hydrogen) atoms. The summed E-state index contributed by atoms with van der Waals surface area (Å²) < 4.78 is 5.52. The fourth-order valence-electron chi connectivity index (χ4n) is 1.87. The number of hydrogen-bond acceptors (Lipinski definition) is 4. The maximum atomic E-state index is 10.9. The molecule has 1 aromatic carbocycles. The summed E-state index contributed by atoms with van der Waals surface area (Å²) in [5.41, 5.74) is 1.61. The van der Waals surface area contributed by atoms with Crippen LogP contribution in [0.5, 0.6) is 0 Å². The number of nitrogens with zero attached hydrogens (tertiary/aromatic N) is 1. The average Bonchev–Trinajstić information content (AvgIpc) is 3.19. The SMILES string of the molecule is Cc1ccc(NCCCOCC2CC2)c([N+](=O)[O-])c1. The molecular formula is C14H20N2O3. The Morgan fingerprint density at radius 3 is 2.95 bits per heavy atom. The molecule has 0 unspecified atom stereocenters. The van der Waals surface area contributed by atoms with Gasteiger partial charge in [0.1, 0.15) is 5.69 Å². The Morgan fingerprint density at radius 2 is 2.26 bits per heavy atom. The number of nitro benzene ring substituents is 1. The third kappa shape index (κ3) is 4.52. The third-order valence-electron chi connectivity index (χ3n) is 3.18. The highest BCUT2D eigenvalue weighted by Gasteiger charge is 2.20. The van der Waals surface area contributed by atoms with Gasteiger partial charge in [-0.25, -0.2) is 0 Å². The molecule has 1 fully saturated rings. The Hall–Kier alpha value is -1.62. The third-order valence-corrected chi connectivity index (χ3v) is 3.18. The van der Waals surface area contributed by atoms with Crippen molar-refractivity contribution in [3.63, 3.8) is 0 Å². The van der Waals surface area contributed by atoms with E-state index in [2.05, 4.69) is 5.32 Å². The molecule has 0 spiro atoms. The average molecular weight is 264 g/mol. The van der Waals surface area contributed by atoms with E-state index in [0.717, 1.165) is 24.5 Å². The summed E-state index contributed by atoms with van der Waals surface area (Å²) in [6.45, 7) is 4.12. The highest BCUT2D eigenvalue weighted by molar-refractivity contribution is 5.62. The van der Waals surface area contributed by atoms with Gasteiger partial charge in [-0.15, -0.1) is 0 Å². The second kappa shape index (κ2) is 6.52. The predicted octanol–water partition coefficient (Wildman–Crippen LogP) is 3.13. The minimum Gasteiger partial charge on any atom is -0.381 e. The zero-order chi connectivity index (χ0) is 13.7. The van der Waals surface area contributed by atoms with Gasteiger partial charge in [-0.05, 0) is 43.7 Å². The molecule has 0 radical (unpaired) electrons. The molecule has 1 aliphatic carbocycles. The van der Waals surface area contributed by atoms with Gasteiger partial charge in [0.05, 0.1) is 4.92 Å². The number of anilines is 1. The van der Waals surface area contributed by atoms with Crippen LogP contribution in [0.1, 0.15) is 24.8 Å². The van der Waals surface area contributed by atoms with E-state index in [1.54, 1.807) is 12.1 Å². The van der Waals surface area contributed by atoms with Crippen molar-refractivity contribution >= 4 is 11.4 Å². The highest BCUT2D eigenvalue weighted by Crippen LogP contribution is 2.28. The van der Waals surface area contributed by atoms with Crippen molar-refractivity contribution in [3.8, 4) is 0 Å². The Bertz CT molecular complexity index is 444. The smallest absolute Gasteiger partial charge is 0.292 e. The van der Waals surface area contributed by atoms with Crippen LogP contribution in [0.25, 0.3) is 0 Å². The summed E-state index contributed by atoms with van der Waals surface area (Å²) in [6, 6.07) is 5.23. The Balaban J connectivity index is 1.73. The van der Waals surface area contributed by atoms with Crippen LogP contribution in [0, 0.1) is 23.0 Å². The van der Waals surface area contributed by atoms with Gasteiger partial charge in [-0.1, -0.05) is 6.07 Å². The van der Waals surface area contributed by atoms with Crippen LogP contribution >= 0.6 is 0 Å². The first-order valence-electron chi connectivity index (χ1n) is 6.73. The van der Waals surface area contributed by atoms with Gasteiger partial charge in [0, 0.05) is 25.8 Å². The Labute approximate surface area is 113 Å². The van der Waals surface area contributed by atoms with Gasteiger partial charge in [0.25, 0.3) is 5.69 Å². The van der Waals surface area contributed by atoms with E-state index >= 15 is 0 Å². The number of hydrogen-bond donors (Lipinski definition) is 1. The fraction of sp³-hybridized carbons (Fsp3) is 0.571. The first kappa shape index (κ1) is 13.8. The maximum Gasteiger partial charge on any atom is 0.292 e. The molecule has 104 valence electrons. The number of nitrogens with one attached hydrogen (secondary N) is 1. The lowest BCUT2D eigenvalue weighted by Gasteiger charge is -2.08. The van der Waals surface area contributed by atoms with Crippen LogP contribution in [-0.2, 0) is 4.74 Å². The second-order valence-corrected chi connectivity index (χ2v) is 5.08. The zero-order valence-corrected chi connectivity index (χ0v) is 11.2. The quantitative estimate of drug-likeness (QED) is 0.445. The first-order valence-corrected chi connectivity index (χ1v) is 6.73. The van der Waals surface area contributed by atoms with Crippen LogP contribution in [0.15, 0.2) is 18.2 Å². The molecule has 2 rings (SSSR count). The van der Waals surface area contributed by atoms with E-state index < -0.39 is 0 Å². The maximum absolute atomic E-state index is 10.9. The van der Waals surface area contributed by atoms with Crippen LogP contribution < -0.4 is 5.32 Å². The van der Waals surface area contributed by atoms with E-state index in [9.17, 15) is 10.1 Å². The molecule has 0 amide bonds. The molecular weight excluding hydrogens is 244 g/mol. The lowest BCUT2D eigenvalue weighted by atomic mass is 10.2. The van der Waals surface area contributed by atoms with E-state index in [0.29, 0.717) is 18.8 Å². The van der Waals surface area contributed by atoms with Crippen LogP contribution in [0.2, 0.25) is 0 Å². The summed E-state index contributed by atoms with van der Waals surface area (Å²) in [4.78, 5) is 10.6. The van der Waals surface area contributed by atoms with Crippen molar-refractivity contribution < 1.29 is 9.66 Å². The van der Waals surface area contributed by atoms with Crippen LogP contribution in [-0.4, -0.2) is 24.7 Å². The van der Waals surface area contributed by atoms with E-state index in [4.69, 9.17) is 4.74 Å². The monoisotopic (exact) mass is 264 g/mol. The van der Waals surface area contributed by atoms with Crippen molar-refractivity contribution in [3.05, 3.63) is 33.9 Å². The molecule has 0 heterocycles. The molecule has 5 heteroatoms. The van der Waals surface area contributed by atoms with Gasteiger partial charge in [0.2, 0.25) is 0 Å². The molecule has 0 aliphatic heterocycles. The molecule has 5 nitrogen and oxygen atoms in total. The van der Waals surface area contributed by atoms with Gasteiger partial charge in [-0.3, -0.25) is 10.1 Å². The fourth-order valence-corrected chi connectivity index (χ4v) is 1.87. The van der Waals surface area contributed by atoms with Crippen molar-refractivity contribution in [2.45, 2.75) is 26.2 Å².